The van der Waals surface area contributed by atoms with Crippen LogP contribution in [0.25, 0.3) is 6.08 Å². The van der Waals surface area contributed by atoms with E-state index < -0.39 is 17.4 Å². The molecule has 0 amide bonds. The second-order valence-corrected chi connectivity index (χ2v) is 4.97. The summed E-state index contributed by atoms with van der Waals surface area (Å²) in [7, 11) is 0. The van der Waals surface area contributed by atoms with E-state index in [1.807, 2.05) is 0 Å². The molecule has 0 fully saturated rings. The van der Waals surface area contributed by atoms with Crippen molar-refractivity contribution >= 4 is 23.5 Å². The van der Waals surface area contributed by atoms with Gasteiger partial charge in [0.25, 0.3) is 0 Å². The SMILES string of the molecule is O=C(/C=C/c1cc(Cl)c2c(c1)OCO2)c1ccc(F)c(F)c1. The Balaban J connectivity index is 1.83. The van der Waals surface area contributed by atoms with Gasteiger partial charge in [-0.05, 0) is 42.0 Å². The van der Waals surface area contributed by atoms with Gasteiger partial charge in [0, 0.05) is 5.56 Å². The van der Waals surface area contributed by atoms with E-state index in [9.17, 15) is 13.6 Å². The average molecular weight is 323 g/mol. The fourth-order valence-electron chi connectivity index (χ4n) is 2.00. The van der Waals surface area contributed by atoms with Crippen molar-refractivity contribution in [2.75, 3.05) is 6.79 Å². The van der Waals surface area contributed by atoms with Crippen molar-refractivity contribution in [1.29, 1.82) is 0 Å². The number of carbonyl (C=O) groups excluding carboxylic acids is 1. The van der Waals surface area contributed by atoms with Crippen LogP contribution >= 0.6 is 11.6 Å². The van der Waals surface area contributed by atoms with Gasteiger partial charge in [-0.15, -0.1) is 0 Å². The van der Waals surface area contributed by atoms with Crippen LogP contribution in [-0.2, 0) is 0 Å². The minimum atomic E-state index is -1.06. The van der Waals surface area contributed by atoms with Crippen LogP contribution in [0.2, 0.25) is 5.02 Å². The first-order valence-corrected chi connectivity index (χ1v) is 6.69. The van der Waals surface area contributed by atoms with Crippen LogP contribution in [0.4, 0.5) is 8.78 Å². The molecule has 3 nitrogen and oxygen atoms in total. The zero-order valence-electron chi connectivity index (χ0n) is 11.1. The topological polar surface area (TPSA) is 35.5 Å². The Bertz CT molecular complexity index is 787. The molecule has 2 aromatic carbocycles. The van der Waals surface area contributed by atoms with Crippen LogP contribution in [0, 0.1) is 11.6 Å². The van der Waals surface area contributed by atoms with E-state index in [0.29, 0.717) is 22.1 Å². The van der Waals surface area contributed by atoms with Gasteiger partial charge in [-0.3, -0.25) is 4.79 Å². The number of hydrogen-bond donors (Lipinski definition) is 0. The van der Waals surface area contributed by atoms with E-state index in [0.717, 1.165) is 12.1 Å². The molecular weight excluding hydrogens is 314 g/mol. The third kappa shape index (κ3) is 2.80. The van der Waals surface area contributed by atoms with E-state index in [-0.39, 0.29) is 12.4 Å². The van der Waals surface area contributed by atoms with Crippen LogP contribution in [0.5, 0.6) is 11.5 Å². The second-order valence-electron chi connectivity index (χ2n) is 4.56. The predicted octanol–water partition coefficient (Wildman–Crippen LogP) is 4.24. The standard InChI is InChI=1S/C16H9ClF2O3/c17-11-5-9(6-15-16(11)22-8-21-15)1-4-14(20)10-2-3-12(18)13(19)7-10/h1-7H,8H2/b4-1+. The number of carbonyl (C=O) groups is 1. The van der Waals surface area contributed by atoms with Crippen LogP contribution in [0.1, 0.15) is 15.9 Å². The van der Waals surface area contributed by atoms with E-state index >= 15 is 0 Å². The fraction of sp³-hybridized carbons (Fsp3) is 0.0625. The lowest BCUT2D eigenvalue weighted by Gasteiger charge is -2.01. The number of fused-ring (bicyclic) bond motifs is 1. The molecule has 6 heteroatoms. The molecule has 3 rings (SSSR count). The van der Waals surface area contributed by atoms with Crippen molar-refractivity contribution in [2.24, 2.45) is 0 Å². The zero-order valence-corrected chi connectivity index (χ0v) is 11.9. The molecule has 0 saturated heterocycles. The van der Waals surface area contributed by atoms with Gasteiger partial charge in [-0.25, -0.2) is 8.78 Å². The summed E-state index contributed by atoms with van der Waals surface area (Å²) in [4.78, 5) is 11.9. The van der Waals surface area contributed by atoms with Crippen molar-refractivity contribution in [1.82, 2.24) is 0 Å². The average Bonchev–Trinajstić information content (AvgIpc) is 2.96. The van der Waals surface area contributed by atoms with Gasteiger partial charge < -0.3 is 9.47 Å². The van der Waals surface area contributed by atoms with Gasteiger partial charge >= 0.3 is 0 Å². The largest absolute Gasteiger partial charge is 0.454 e. The lowest BCUT2D eigenvalue weighted by atomic mass is 10.1. The van der Waals surface area contributed by atoms with Crippen molar-refractivity contribution in [3.63, 3.8) is 0 Å². The van der Waals surface area contributed by atoms with E-state index in [2.05, 4.69) is 0 Å². The van der Waals surface area contributed by atoms with Crippen LogP contribution in [0.15, 0.2) is 36.4 Å². The van der Waals surface area contributed by atoms with Gasteiger partial charge in [0.05, 0.1) is 5.02 Å². The number of allylic oxidation sites excluding steroid dienone is 1. The molecule has 0 aromatic heterocycles. The summed E-state index contributed by atoms with van der Waals surface area (Å²) in [5.74, 6) is -1.56. The molecule has 112 valence electrons. The van der Waals surface area contributed by atoms with E-state index in [4.69, 9.17) is 21.1 Å². The van der Waals surface area contributed by atoms with Crippen LogP contribution < -0.4 is 9.47 Å². The molecule has 2 aromatic rings. The predicted molar refractivity (Wildman–Crippen MR) is 77.3 cm³/mol. The first kappa shape index (κ1) is 14.5. The van der Waals surface area contributed by atoms with Crippen molar-refractivity contribution in [2.45, 2.75) is 0 Å². The van der Waals surface area contributed by atoms with Crippen molar-refractivity contribution in [3.8, 4) is 11.5 Å². The zero-order chi connectivity index (χ0) is 15.7. The Morgan fingerprint density at radius 3 is 2.73 bits per heavy atom. The third-order valence-electron chi connectivity index (χ3n) is 3.08. The molecular formula is C16H9ClF2O3. The summed E-state index contributed by atoms with van der Waals surface area (Å²) in [5, 5.41) is 0.370. The maximum Gasteiger partial charge on any atom is 0.231 e. The second kappa shape index (κ2) is 5.77. The summed E-state index contributed by atoms with van der Waals surface area (Å²) >= 11 is 6.03. The lowest BCUT2D eigenvalue weighted by Crippen LogP contribution is -1.96. The van der Waals surface area contributed by atoms with Gasteiger partial charge in [-0.1, -0.05) is 17.7 Å². The molecule has 0 aliphatic carbocycles. The minimum absolute atomic E-state index is 0.0574. The summed E-state index contributed by atoms with van der Waals surface area (Å²) in [6.07, 6.45) is 2.76. The molecule has 0 atom stereocenters. The normalized spacial score (nSPS) is 12.9. The number of halogens is 3. The molecule has 0 bridgehead atoms. The number of hydrogen-bond acceptors (Lipinski definition) is 3. The fourth-order valence-corrected chi connectivity index (χ4v) is 2.27. The first-order valence-electron chi connectivity index (χ1n) is 6.31. The maximum absolute atomic E-state index is 13.1. The highest BCUT2D eigenvalue weighted by atomic mass is 35.5. The number of rotatable bonds is 3. The quantitative estimate of drug-likeness (QED) is 0.626. The van der Waals surface area contributed by atoms with Crippen molar-refractivity contribution in [3.05, 3.63) is 64.2 Å². The number of benzene rings is 2. The van der Waals surface area contributed by atoms with Crippen LogP contribution in [-0.4, -0.2) is 12.6 Å². The summed E-state index contributed by atoms with van der Waals surface area (Å²) < 4.78 is 36.4. The monoisotopic (exact) mass is 322 g/mol. The van der Waals surface area contributed by atoms with E-state index in [1.165, 1.54) is 18.2 Å². The molecule has 1 aliphatic rings. The molecule has 22 heavy (non-hydrogen) atoms. The van der Waals surface area contributed by atoms with Gasteiger partial charge in [0.1, 0.15) is 0 Å². The Morgan fingerprint density at radius 1 is 1.14 bits per heavy atom. The van der Waals surface area contributed by atoms with Crippen LogP contribution in [0.3, 0.4) is 0 Å². The van der Waals surface area contributed by atoms with E-state index in [1.54, 1.807) is 12.1 Å². The molecule has 0 spiro atoms. The molecule has 1 aliphatic heterocycles. The molecule has 0 unspecified atom stereocenters. The molecule has 0 radical (unpaired) electrons. The Hall–Kier alpha value is -2.40. The molecule has 0 saturated carbocycles. The summed E-state index contributed by atoms with van der Waals surface area (Å²) in [5.41, 5.74) is 0.687. The smallest absolute Gasteiger partial charge is 0.231 e. The number of ether oxygens (including phenoxy) is 2. The minimum Gasteiger partial charge on any atom is -0.454 e. The molecule has 0 N–H and O–H groups in total. The number of ketones is 1. The maximum atomic E-state index is 13.1. The summed E-state index contributed by atoms with van der Waals surface area (Å²) in [6, 6.07) is 6.27. The van der Waals surface area contributed by atoms with Crippen molar-refractivity contribution < 1.29 is 23.0 Å². The van der Waals surface area contributed by atoms with Gasteiger partial charge in [0.2, 0.25) is 6.79 Å². The molecule has 1 heterocycles. The first-order chi connectivity index (χ1) is 10.5. The summed E-state index contributed by atoms with van der Waals surface area (Å²) in [6.45, 7) is 0.0933. The van der Waals surface area contributed by atoms with Gasteiger partial charge in [0.15, 0.2) is 28.9 Å². The Kier molecular flexibility index (Phi) is 3.81. The van der Waals surface area contributed by atoms with Gasteiger partial charge in [-0.2, -0.15) is 0 Å². The Morgan fingerprint density at radius 2 is 1.95 bits per heavy atom. The highest BCUT2D eigenvalue weighted by Crippen LogP contribution is 2.40. The lowest BCUT2D eigenvalue weighted by molar-refractivity contribution is 0.104. The Labute approximate surface area is 129 Å². The highest BCUT2D eigenvalue weighted by molar-refractivity contribution is 6.32. The third-order valence-corrected chi connectivity index (χ3v) is 3.36. The highest BCUT2D eigenvalue weighted by Gasteiger charge is 2.17.